The van der Waals surface area contributed by atoms with Crippen molar-refractivity contribution in [3.63, 3.8) is 0 Å². The van der Waals surface area contributed by atoms with Crippen LogP contribution >= 0.6 is 0 Å². The number of hydrogen-bond donors (Lipinski definition) is 3. The van der Waals surface area contributed by atoms with Gasteiger partial charge in [0.2, 0.25) is 0 Å². The van der Waals surface area contributed by atoms with Gasteiger partial charge in [0, 0.05) is 6.54 Å². The van der Waals surface area contributed by atoms with E-state index in [0.29, 0.717) is 6.54 Å². The number of aromatic hydroxyl groups is 1. The summed E-state index contributed by atoms with van der Waals surface area (Å²) in [4.78, 5) is 22.8. The molecule has 0 bridgehead atoms. The zero-order chi connectivity index (χ0) is 14.5. The molecule has 102 valence electrons. The first kappa shape index (κ1) is 13.6. The molecule has 0 saturated heterocycles. The Hall–Kier alpha value is -2.82. The highest BCUT2D eigenvalue weighted by molar-refractivity contribution is 6.01. The average molecular weight is 271 g/mol. The summed E-state index contributed by atoms with van der Waals surface area (Å²) in [7, 11) is 0. The lowest BCUT2D eigenvalue weighted by molar-refractivity contribution is 0.0693. The number of carboxylic acid groups (broad SMARTS) is 1. The summed E-state index contributed by atoms with van der Waals surface area (Å²) in [5, 5.41) is 21.3. The number of amides is 1. The van der Waals surface area contributed by atoms with E-state index in [9.17, 15) is 14.7 Å². The van der Waals surface area contributed by atoms with Crippen molar-refractivity contribution in [1.29, 1.82) is 0 Å². The first-order chi connectivity index (χ1) is 9.59. The van der Waals surface area contributed by atoms with Crippen LogP contribution in [0.25, 0.3) is 0 Å². The normalized spacial score (nSPS) is 10.0. The van der Waals surface area contributed by atoms with Gasteiger partial charge in [-0.25, -0.2) is 4.79 Å². The average Bonchev–Trinajstić information content (AvgIpc) is 2.46. The summed E-state index contributed by atoms with van der Waals surface area (Å²) in [5.41, 5.74) is 0.563. The van der Waals surface area contributed by atoms with Crippen LogP contribution in [0.15, 0.2) is 48.5 Å². The number of phenols is 1. The minimum atomic E-state index is -1.28. The molecule has 1 amide bonds. The Kier molecular flexibility index (Phi) is 4.00. The van der Waals surface area contributed by atoms with Crippen LogP contribution in [-0.2, 0) is 6.54 Å². The fourth-order valence-electron chi connectivity index (χ4n) is 1.77. The molecule has 2 rings (SSSR count). The highest BCUT2D eigenvalue weighted by atomic mass is 16.4. The van der Waals surface area contributed by atoms with E-state index >= 15 is 0 Å². The van der Waals surface area contributed by atoms with Crippen molar-refractivity contribution in [2.45, 2.75) is 6.54 Å². The maximum Gasteiger partial charge on any atom is 0.339 e. The molecule has 2 aromatic rings. The highest BCUT2D eigenvalue weighted by Gasteiger charge is 2.17. The number of benzene rings is 2. The van der Waals surface area contributed by atoms with Crippen molar-refractivity contribution in [3.8, 4) is 5.75 Å². The molecule has 20 heavy (non-hydrogen) atoms. The van der Waals surface area contributed by atoms with Crippen LogP contribution in [0.4, 0.5) is 0 Å². The van der Waals surface area contributed by atoms with Gasteiger partial charge in [0.05, 0.1) is 5.56 Å². The van der Waals surface area contributed by atoms with Gasteiger partial charge in [0.15, 0.2) is 0 Å². The van der Waals surface area contributed by atoms with Crippen molar-refractivity contribution in [2.75, 3.05) is 0 Å². The van der Waals surface area contributed by atoms with Gasteiger partial charge in [-0.2, -0.15) is 0 Å². The van der Waals surface area contributed by atoms with E-state index in [1.54, 1.807) is 0 Å². The molecule has 0 atom stereocenters. The Balaban J connectivity index is 2.14. The largest absolute Gasteiger partial charge is 0.506 e. The second kappa shape index (κ2) is 5.88. The smallest absolute Gasteiger partial charge is 0.339 e. The van der Waals surface area contributed by atoms with E-state index in [-0.39, 0.29) is 11.1 Å². The molecule has 0 aliphatic carbocycles. The summed E-state index contributed by atoms with van der Waals surface area (Å²) in [6.45, 7) is 0.302. The third kappa shape index (κ3) is 2.95. The van der Waals surface area contributed by atoms with Gasteiger partial charge in [0.1, 0.15) is 11.3 Å². The van der Waals surface area contributed by atoms with E-state index in [0.717, 1.165) is 5.56 Å². The monoisotopic (exact) mass is 271 g/mol. The number of carbonyl (C=O) groups excluding carboxylic acids is 1. The molecule has 0 spiro atoms. The van der Waals surface area contributed by atoms with E-state index < -0.39 is 17.6 Å². The molecular weight excluding hydrogens is 258 g/mol. The Morgan fingerprint density at radius 1 is 0.950 bits per heavy atom. The zero-order valence-corrected chi connectivity index (χ0v) is 10.5. The highest BCUT2D eigenvalue weighted by Crippen LogP contribution is 2.22. The standard InChI is InChI=1S/C15H13NO4/c17-13-11(7-4-8-12(13)15(19)20)14(18)16-9-10-5-2-1-3-6-10/h1-8,17H,9H2,(H,16,18)(H,19,20). The van der Waals surface area contributed by atoms with Gasteiger partial charge in [-0.1, -0.05) is 36.4 Å². The molecule has 5 nitrogen and oxygen atoms in total. The number of aromatic carboxylic acids is 1. The van der Waals surface area contributed by atoms with Gasteiger partial charge in [-0.3, -0.25) is 4.79 Å². The minimum absolute atomic E-state index is 0.0548. The van der Waals surface area contributed by atoms with E-state index in [1.165, 1.54) is 18.2 Å². The molecule has 0 aromatic heterocycles. The fourth-order valence-corrected chi connectivity index (χ4v) is 1.77. The number of hydrogen-bond acceptors (Lipinski definition) is 3. The number of rotatable bonds is 4. The second-order valence-electron chi connectivity index (χ2n) is 4.18. The Morgan fingerprint density at radius 3 is 2.25 bits per heavy atom. The maximum atomic E-state index is 11.9. The summed E-state index contributed by atoms with van der Waals surface area (Å²) in [6.07, 6.45) is 0. The quantitative estimate of drug-likeness (QED) is 0.794. The Bertz CT molecular complexity index is 638. The van der Waals surface area contributed by atoms with Crippen molar-refractivity contribution in [1.82, 2.24) is 5.32 Å². The van der Waals surface area contributed by atoms with Gasteiger partial charge in [0.25, 0.3) is 5.91 Å². The fraction of sp³-hybridized carbons (Fsp3) is 0.0667. The van der Waals surface area contributed by atoms with Crippen molar-refractivity contribution < 1.29 is 19.8 Å². The van der Waals surface area contributed by atoms with Gasteiger partial charge < -0.3 is 15.5 Å². The van der Waals surface area contributed by atoms with Crippen LogP contribution in [0.5, 0.6) is 5.75 Å². The second-order valence-corrected chi connectivity index (χ2v) is 4.18. The molecule has 0 aliphatic rings. The van der Waals surface area contributed by atoms with Crippen LogP contribution < -0.4 is 5.32 Å². The van der Waals surface area contributed by atoms with E-state index in [4.69, 9.17) is 5.11 Å². The lowest BCUT2D eigenvalue weighted by atomic mass is 10.1. The molecule has 5 heteroatoms. The predicted octanol–water partition coefficient (Wildman–Crippen LogP) is 2.02. The van der Waals surface area contributed by atoms with Crippen molar-refractivity contribution in [2.24, 2.45) is 0 Å². The number of carbonyl (C=O) groups is 2. The molecule has 0 unspecified atom stereocenters. The lowest BCUT2D eigenvalue weighted by Gasteiger charge is -2.08. The maximum absolute atomic E-state index is 11.9. The SMILES string of the molecule is O=C(O)c1cccc(C(=O)NCc2ccccc2)c1O. The molecule has 0 heterocycles. The zero-order valence-electron chi connectivity index (χ0n) is 10.5. The van der Waals surface area contributed by atoms with Gasteiger partial charge in [-0.15, -0.1) is 0 Å². The number of carboxylic acids is 1. The van der Waals surface area contributed by atoms with Crippen LogP contribution in [0.2, 0.25) is 0 Å². The van der Waals surface area contributed by atoms with Crippen LogP contribution in [0.1, 0.15) is 26.3 Å². The topological polar surface area (TPSA) is 86.6 Å². The molecule has 0 saturated carbocycles. The minimum Gasteiger partial charge on any atom is -0.506 e. The third-order valence-electron chi connectivity index (χ3n) is 2.81. The first-order valence-electron chi connectivity index (χ1n) is 5.97. The summed E-state index contributed by atoms with van der Waals surface area (Å²) < 4.78 is 0. The third-order valence-corrected chi connectivity index (χ3v) is 2.81. The van der Waals surface area contributed by atoms with Crippen LogP contribution in [0.3, 0.4) is 0 Å². The lowest BCUT2D eigenvalue weighted by Crippen LogP contribution is -2.23. The molecule has 0 radical (unpaired) electrons. The predicted molar refractivity (Wildman–Crippen MR) is 72.7 cm³/mol. The van der Waals surface area contributed by atoms with Crippen molar-refractivity contribution >= 4 is 11.9 Å². The Morgan fingerprint density at radius 2 is 1.60 bits per heavy atom. The number of nitrogens with one attached hydrogen (secondary N) is 1. The number of para-hydroxylation sites is 1. The van der Waals surface area contributed by atoms with Crippen LogP contribution in [-0.4, -0.2) is 22.1 Å². The van der Waals surface area contributed by atoms with E-state index in [1.807, 2.05) is 30.3 Å². The first-order valence-corrected chi connectivity index (χ1v) is 5.97. The molecular formula is C15H13NO4. The van der Waals surface area contributed by atoms with Gasteiger partial charge in [-0.05, 0) is 17.7 Å². The van der Waals surface area contributed by atoms with Crippen LogP contribution in [0, 0.1) is 0 Å². The van der Waals surface area contributed by atoms with Gasteiger partial charge >= 0.3 is 5.97 Å². The summed E-state index contributed by atoms with van der Waals surface area (Å²) >= 11 is 0. The summed E-state index contributed by atoms with van der Waals surface area (Å²) in [6, 6.07) is 13.3. The summed E-state index contributed by atoms with van der Waals surface area (Å²) in [5.74, 6) is -2.32. The molecule has 3 N–H and O–H groups in total. The molecule has 0 aliphatic heterocycles. The van der Waals surface area contributed by atoms with Crippen molar-refractivity contribution in [3.05, 3.63) is 65.2 Å². The van der Waals surface area contributed by atoms with E-state index in [2.05, 4.69) is 5.32 Å². The molecule has 0 fully saturated rings. The Labute approximate surface area is 115 Å². The molecule has 2 aromatic carbocycles.